The molecule has 5 nitrogen and oxygen atoms in total. The van der Waals surface area contributed by atoms with Gasteiger partial charge in [0.25, 0.3) is 0 Å². The first-order valence-corrected chi connectivity index (χ1v) is 6.28. The molecule has 0 aliphatic carbocycles. The van der Waals surface area contributed by atoms with Crippen LogP contribution in [-0.2, 0) is 6.42 Å². The number of nitrogens with zero attached hydrogens (tertiary/aromatic N) is 4. The van der Waals surface area contributed by atoms with E-state index in [-0.39, 0.29) is 0 Å². The lowest BCUT2D eigenvalue weighted by molar-refractivity contribution is 0.794. The maximum absolute atomic E-state index is 4.43. The van der Waals surface area contributed by atoms with Crippen LogP contribution in [0.1, 0.15) is 19.2 Å². The van der Waals surface area contributed by atoms with Gasteiger partial charge in [0.1, 0.15) is 5.82 Å². The highest BCUT2D eigenvalue weighted by Crippen LogP contribution is 2.20. The minimum Gasteiger partial charge on any atom is -0.357 e. The van der Waals surface area contributed by atoms with E-state index in [2.05, 4.69) is 43.1 Å². The van der Waals surface area contributed by atoms with E-state index in [9.17, 15) is 0 Å². The number of aromatic nitrogens is 4. The maximum Gasteiger partial charge on any atom is 0.224 e. The van der Waals surface area contributed by atoms with Crippen LogP contribution in [0.25, 0.3) is 5.82 Å². The molecule has 1 N–H and O–H groups in total. The predicted molar refractivity (Wildman–Crippen MR) is 70.4 cm³/mol. The van der Waals surface area contributed by atoms with Gasteiger partial charge in [0.2, 0.25) is 5.95 Å². The molecule has 0 aliphatic rings. The molecule has 2 aromatic heterocycles. The average Bonchev–Trinajstić information content (AvgIpc) is 2.78. The largest absolute Gasteiger partial charge is 0.357 e. The molecule has 0 aliphatic heterocycles. The van der Waals surface area contributed by atoms with E-state index in [1.807, 2.05) is 10.8 Å². The Morgan fingerprint density at radius 3 is 2.94 bits per heavy atom. The van der Waals surface area contributed by atoms with Crippen LogP contribution in [-0.4, -0.2) is 26.6 Å². The van der Waals surface area contributed by atoms with Crippen molar-refractivity contribution in [3.05, 3.63) is 28.9 Å². The molecule has 0 unspecified atom stereocenters. The average molecular weight is 296 g/mol. The van der Waals surface area contributed by atoms with Crippen molar-refractivity contribution in [1.29, 1.82) is 0 Å². The number of hydrogen-bond donors (Lipinski definition) is 1. The second-order valence-electron chi connectivity index (χ2n) is 3.58. The zero-order valence-corrected chi connectivity index (χ0v) is 11.4. The summed E-state index contributed by atoms with van der Waals surface area (Å²) in [5, 5.41) is 2.93. The zero-order chi connectivity index (χ0) is 12.3. The van der Waals surface area contributed by atoms with Crippen molar-refractivity contribution in [2.75, 3.05) is 12.4 Å². The Bertz CT molecular complexity index is 508. The number of rotatable bonds is 4. The van der Waals surface area contributed by atoms with Crippen LogP contribution in [0.2, 0.25) is 0 Å². The number of anilines is 1. The zero-order valence-electron chi connectivity index (χ0n) is 9.81. The number of halogens is 1. The standard InChI is InChI=1S/C11H14BrN5/c1-3-4-9-14-5-6-17(9)10-8(12)7-15-11(13-2)16-10/h5-7H,3-4H2,1-2H3,(H,13,15,16). The van der Waals surface area contributed by atoms with E-state index >= 15 is 0 Å². The van der Waals surface area contributed by atoms with Gasteiger partial charge in [-0.25, -0.2) is 9.97 Å². The Hall–Kier alpha value is -1.43. The van der Waals surface area contributed by atoms with Crippen LogP contribution in [0, 0.1) is 0 Å². The first-order chi connectivity index (χ1) is 8.26. The van der Waals surface area contributed by atoms with Crippen molar-refractivity contribution in [2.45, 2.75) is 19.8 Å². The van der Waals surface area contributed by atoms with Gasteiger partial charge in [-0.2, -0.15) is 4.98 Å². The summed E-state index contributed by atoms with van der Waals surface area (Å²) in [6, 6.07) is 0. The monoisotopic (exact) mass is 295 g/mol. The topological polar surface area (TPSA) is 55.6 Å². The summed E-state index contributed by atoms with van der Waals surface area (Å²) < 4.78 is 2.84. The van der Waals surface area contributed by atoms with Crippen LogP contribution in [0.4, 0.5) is 5.95 Å². The van der Waals surface area contributed by atoms with Crippen LogP contribution in [0.5, 0.6) is 0 Å². The maximum atomic E-state index is 4.43. The molecule has 0 saturated carbocycles. The number of aryl methyl sites for hydroxylation is 1. The van der Waals surface area contributed by atoms with Crippen LogP contribution >= 0.6 is 15.9 Å². The van der Waals surface area contributed by atoms with E-state index < -0.39 is 0 Å². The van der Waals surface area contributed by atoms with Crippen LogP contribution < -0.4 is 5.32 Å². The fourth-order valence-corrected chi connectivity index (χ4v) is 1.97. The third kappa shape index (κ3) is 2.46. The summed E-state index contributed by atoms with van der Waals surface area (Å²) in [6.45, 7) is 2.13. The quantitative estimate of drug-likeness (QED) is 0.941. The van der Waals surface area contributed by atoms with Crippen molar-refractivity contribution in [1.82, 2.24) is 19.5 Å². The summed E-state index contributed by atoms with van der Waals surface area (Å²) in [4.78, 5) is 12.9. The van der Waals surface area contributed by atoms with Gasteiger partial charge in [-0.15, -0.1) is 0 Å². The lowest BCUT2D eigenvalue weighted by atomic mass is 10.3. The van der Waals surface area contributed by atoms with E-state index in [1.165, 1.54) is 0 Å². The highest BCUT2D eigenvalue weighted by atomic mass is 79.9. The van der Waals surface area contributed by atoms with Gasteiger partial charge < -0.3 is 5.32 Å². The van der Waals surface area contributed by atoms with Crippen LogP contribution in [0.3, 0.4) is 0 Å². The molecule has 0 spiro atoms. The van der Waals surface area contributed by atoms with Gasteiger partial charge >= 0.3 is 0 Å². The molecule has 2 aromatic rings. The second-order valence-corrected chi connectivity index (χ2v) is 4.43. The van der Waals surface area contributed by atoms with Crippen molar-refractivity contribution in [3.8, 4) is 5.82 Å². The highest BCUT2D eigenvalue weighted by Gasteiger charge is 2.10. The van der Waals surface area contributed by atoms with Crippen molar-refractivity contribution in [3.63, 3.8) is 0 Å². The van der Waals surface area contributed by atoms with E-state index in [0.29, 0.717) is 5.95 Å². The van der Waals surface area contributed by atoms with Gasteiger partial charge in [-0.1, -0.05) is 6.92 Å². The second kappa shape index (κ2) is 5.27. The molecule has 0 radical (unpaired) electrons. The van der Waals surface area contributed by atoms with Crippen molar-refractivity contribution in [2.24, 2.45) is 0 Å². The molecule has 2 heterocycles. The molecule has 0 amide bonds. The first kappa shape index (κ1) is 12.0. The van der Waals surface area contributed by atoms with E-state index in [1.54, 1.807) is 19.4 Å². The molecule has 0 aromatic carbocycles. The third-order valence-corrected chi connectivity index (χ3v) is 2.93. The molecular formula is C11H14BrN5. The Morgan fingerprint density at radius 1 is 1.41 bits per heavy atom. The third-order valence-electron chi connectivity index (χ3n) is 2.37. The molecule has 0 fully saturated rings. The summed E-state index contributed by atoms with van der Waals surface area (Å²) in [5.41, 5.74) is 0. The molecule has 0 atom stereocenters. The summed E-state index contributed by atoms with van der Waals surface area (Å²) in [6.07, 6.45) is 7.43. The van der Waals surface area contributed by atoms with Crippen molar-refractivity contribution < 1.29 is 0 Å². The SMILES string of the molecule is CCCc1nccn1-c1nc(NC)ncc1Br. The van der Waals surface area contributed by atoms with Gasteiger partial charge in [0, 0.05) is 32.1 Å². The van der Waals surface area contributed by atoms with E-state index in [4.69, 9.17) is 0 Å². The first-order valence-electron chi connectivity index (χ1n) is 5.49. The molecule has 17 heavy (non-hydrogen) atoms. The summed E-state index contributed by atoms with van der Waals surface area (Å²) in [7, 11) is 1.80. The highest BCUT2D eigenvalue weighted by molar-refractivity contribution is 9.10. The minimum atomic E-state index is 0.597. The Kier molecular flexibility index (Phi) is 3.73. The van der Waals surface area contributed by atoms with Gasteiger partial charge in [-0.05, 0) is 22.4 Å². The van der Waals surface area contributed by atoms with Crippen LogP contribution in [0.15, 0.2) is 23.1 Å². The smallest absolute Gasteiger partial charge is 0.224 e. The summed E-state index contributed by atoms with van der Waals surface area (Å²) in [5.74, 6) is 2.42. The normalized spacial score (nSPS) is 10.5. The lowest BCUT2D eigenvalue weighted by Gasteiger charge is -2.09. The predicted octanol–water partition coefficient (Wildman–Crippen LogP) is 2.42. The number of nitrogens with one attached hydrogen (secondary N) is 1. The molecule has 0 saturated heterocycles. The number of hydrogen-bond acceptors (Lipinski definition) is 4. The van der Waals surface area contributed by atoms with E-state index in [0.717, 1.165) is 29.0 Å². The van der Waals surface area contributed by atoms with Gasteiger partial charge in [0.05, 0.1) is 4.47 Å². The Balaban J connectivity index is 2.47. The Morgan fingerprint density at radius 2 is 2.24 bits per heavy atom. The molecular weight excluding hydrogens is 282 g/mol. The fraction of sp³-hybridized carbons (Fsp3) is 0.364. The lowest BCUT2D eigenvalue weighted by Crippen LogP contribution is -2.06. The minimum absolute atomic E-state index is 0.597. The molecule has 2 rings (SSSR count). The van der Waals surface area contributed by atoms with Gasteiger partial charge in [0.15, 0.2) is 5.82 Å². The molecule has 6 heteroatoms. The molecule has 0 bridgehead atoms. The summed E-state index contributed by atoms with van der Waals surface area (Å²) >= 11 is 3.46. The van der Waals surface area contributed by atoms with Crippen molar-refractivity contribution >= 4 is 21.9 Å². The molecule has 90 valence electrons. The van der Waals surface area contributed by atoms with Gasteiger partial charge in [-0.3, -0.25) is 4.57 Å². The fourth-order valence-electron chi connectivity index (χ4n) is 1.58. The number of imidazole rings is 1. The Labute approximate surface area is 108 Å².